The number of nitrogens with zero attached hydrogens (tertiary/aromatic N) is 1. The summed E-state index contributed by atoms with van der Waals surface area (Å²) in [6.07, 6.45) is 0. The van der Waals surface area contributed by atoms with Crippen LogP contribution in [-0.4, -0.2) is 14.5 Å². The van der Waals surface area contributed by atoms with E-state index in [1.54, 1.807) is 0 Å². The molecule has 0 fully saturated rings. The molecule has 4 aromatic rings. The maximum absolute atomic E-state index is 6.24. The van der Waals surface area contributed by atoms with Crippen LogP contribution >= 0.6 is 11.6 Å². The van der Waals surface area contributed by atoms with Gasteiger partial charge >= 0.3 is 147 Å². The van der Waals surface area contributed by atoms with Crippen molar-refractivity contribution in [1.29, 1.82) is 0 Å². The number of halogens is 1. The van der Waals surface area contributed by atoms with Gasteiger partial charge in [0.15, 0.2) is 0 Å². The van der Waals surface area contributed by atoms with Crippen molar-refractivity contribution in [3.8, 4) is 0 Å². The first-order valence-corrected chi connectivity index (χ1v) is 9.62. The minimum atomic E-state index is 0.333. The third kappa shape index (κ3) is 2.82. The van der Waals surface area contributed by atoms with Crippen LogP contribution in [0.3, 0.4) is 0 Å². The molecule has 0 amide bonds. The summed E-state index contributed by atoms with van der Waals surface area (Å²) in [6.45, 7) is 0. The standard InChI is InChI=1S/C20H14ClNSe/c21-16-8-4-9-17(14-16)22(20-12-5-13-23-20)19-11-3-7-15-6-1-2-10-18(15)19/h1-14H. The summed E-state index contributed by atoms with van der Waals surface area (Å²) >= 11 is 6.58. The van der Waals surface area contributed by atoms with Crippen molar-refractivity contribution in [2.45, 2.75) is 0 Å². The second-order valence-electron chi connectivity index (χ2n) is 5.26. The van der Waals surface area contributed by atoms with Gasteiger partial charge in [0, 0.05) is 0 Å². The number of benzene rings is 3. The Balaban J connectivity index is 1.98. The Hall–Kier alpha value is -1.99. The normalized spacial score (nSPS) is 10.8. The van der Waals surface area contributed by atoms with Gasteiger partial charge in [0.1, 0.15) is 0 Å². The van der Waals surface area contributed by atoms with Crippen molar-refractivity contribution in [3.63, 3.8) is 0 Å². The average molecular weight is 383 g/mol. The average Bonchev–Trinajstić information content (AvgIpc) is 3.10. The molecule has 0 radical (unpaired) electrons. The van der Waals surface area contributed by atoms with Gasteiger partial charge in [-0.1, -0.05) is 0 Å². The van der Waals surface area contributed by atoms with Crippen LogP contribution in [0.5, 0.6) is 0 Å². The Morgan fingerprint density at radius 1 is 0.783 bits per heavy atom. The van der Waals surface area contributed by atoms with E-state index in [1.165, 1.54) is 21.0 Å². The monoisotopic (exact) mass is 383 g/mol. The van der Waals surface area contributed by atoms with Gasteiger partial charge < -0.3 is 0 Å². The molecule has 0 saturated carbocycles. The Bertz CT molecular complexity index is 941. The van der Waals surface area contributed by atoms with E-state index in [1.807, 2.05) is 18.2 Å². The maximum atomic E-state index is 6.24. The third-order valence-corrected chi connectivity index (χ3v) is 5.83. The molecule has 0 bridgehead atoms. The van der Waals surface area contributed by atoms with Gasteiger partial charge in [-0.15, -0.1) is 0 Å². The van der Waals surface area contributed by atoms with Crippen molar-refractivity contribution in [2.75, 3.05) is 4.90 Å². The number of hydrogen-bond donors (Lipinski definition) is 0. The first-order valence-electron chi connectivity index (χ1n) is 7.40. The van der Waals surface area contributed by atoms with E-state index in [4.69, 9.17) is 11.6 Å². The third-order valence-electron chi connectivity index (χ3n) is 3.80. The predicted octanol–water partition coefficient (Wildman–Crippen LogP) is 6.02. The van der Waals surface area contributed by atoms with Crippen LogP contribution in [0.1, 0.15) is 0 Å². The summed E-state index contributed by atoms with van der Waals surface area (Å²) in [5, 5.41) is 3.25. The van der Waals surface area contributed by atoms with Crippen LogP contribution < -0.4 is 4.90 Å². The van der Waals surface area contributed by atoms with Gasteiger partial charge in [0.2, 0.25) is 0 Å². The first-order chi connectivity index (χ1) is 11.3. The van der Waals surface area contributed by atoms with Crippen LogP contribution in [0.25, 0.3) is 10.8 Å². The van der Waals surface area contributed by atoms with E-state index in [2.05, 4.69) is 70.5 Å². The molecular formula is C20H14ClNSe. The summed E-state index contributed by atoms with van der Waals surface area (Å²) in [4.78, 5) is 4.57. The summed E-state index contributed by atoms with van der Waals surface area (Å²) in [7, 11) is 0. The van der Waals surface area contributed by atoms with Gasteiger partial charge in [-0.2, -0.15) is 0 Å². The van der Waals surface area contributed by atoms with Crippen molar-refractivity contribution in [2.24, 2.45) is 0 Å². The van der Waals surface area contributed by atoms with E-state index in [-0.39, 0.29) is 0 Å². The summed E-state index contributed by atoms with van der Waals surface area (Å²) in [6, 6.07) is 27.3. The van der Waals surface area contributed by atoms with E-state index < -0.39 is 0 Å². The fourth-order valence-corrected chi connectivity index (χ4v) is 4.59. The van der Waals surface area contributed by atoms with Gasteiger partial charge in [0.05, 0.1) is 0 Å². The van der Waals surface area contributed by atoms with Gasteiger partial charge in [-0.05, 0) is 0 Å². The molecule has 1 aromatic heterocycles. The van der Waals surface area contributed by atoms with E-state index >= 15 is 0 Å². The summed E-state index contributed by atoms with van der Waals surface area (Å²) in [5.74, 6) is 0. The van der Waals surface area contributed by atoms with Crippen LogP contribution in [0.2, 0.25) is 5.02 Å². The molecule has 0 N–H and O–H groups in total. The molecule has 23 heavy (non-hydrogen) atoms. The first kappa shape index (κ1) is 14.6. The zero-order chi connectivity index (χ0) is 15.6. The molecule has 0 unspecified atom stereocenters. The molecule has 0 saturated heterocycles. The Kier molecular flexibility index (Phi) is 3.97. The molecule has 3 heteroatoms. The molecule has 3 aromatic carbocycles. The van der Waals surface area contributed by atoms with Crippen LogP contribution in [0.15, 0.2) is 83.8 Å². The molecule has 0 aliphatic heterocycles. The second-order valence-corrected chi connectivity index (χ2v) is 7.64. The quantitative estimate of drug-likeness (QED) is 0.392. The van der Waals surface area contributed by atoms with Crippen LogP contribution in [-0.2, 0) is 0 Å². The van der Waals surface area contributed by atoms with Crippen LogP contribution in [0, 0.1) is 0 Å². The molecule has 1 nitrogen and oxygen atoms in total. The predicted molar refractivity (Wildman–Crippen MR) is 101 cm³/mol. The zero-order valence-corrected chi connectivity index (χ0v) is 14.8. The van der Waals surface area contributed by atoms with E-state index in [0.29, 0.717) is 14.5 Å². The Labute approximate surface area is 146 Å². The number of anilines is 3. The summed E-state index contributed by atoms with van der Waals surface area (Å²) in [5.41, 5.74) is 2.30. The molecule has 4 rings (SSSR count). The van der Waals surface area contributed by atoms with Crippen molar-refractivity contribution >= 4 is 52.8 Å². The van der Waals surface area contributed by atoms with Gasteiger partial charge in [-0.3, -0.25) is 0 Å². The molecule has 0 aliphatic carbocycles. The van der Waals surface area contributed by atoms with Crippen molar-refractivity contribution < 1.29 is 0 Å². The molecule has 0 atom stereocenters. The number of fused-ring (bicyclic) bond motifs is 1. The van der Waals surface area contributed by atoms with Gasteiger partial charge in [0.25, 0.3) is 0 Å². The SMILES string of the molecule is Clc1cccc(N(c2ccc[se]2)c2cccc3ccccc23)c1. The number of hydrogen-bond acceptors (Lipinski definition) is 1. The Morgan fingerprint density at radius 2 is 1.61 bits per heavy atom. The molecule has 0 spiro atoms. The minimum absolute atomic E-state index is 0.333. The molecular weight excluding hydrogens is 369 g/mol. The summed E-state index contributed by atoms with van der Waals surface area (Å²) < 4.78 is 1.32. The molecule has 1 heterocycles. The molecule has 0 aliphatic rings. The molecule has 112 valence electrons. The Morgan fingerprint density at radius 3 is 2.43 bits per heavy atom. The van der Waals surface area contributed by atoms with Crippen molar-refractivity contribution in [3.05, 3.63) is 88.8 Å². The fourth-order valence-electron chi connectivity index (χ4n) is 2.80. The topological polar surface area (TPSA) is 3.24 Å². The van der Waals surface area contributed by atoms with Gasteiger partial charge in [-0.25, -0.2) is 0 Å². The van der Waals surface area contributed by atoms with E-state index in [0.717, 1.165) is 10.7 Å². The van der Waals surface area contributed by atoms with Crippen molar-refractivity contribution in [1.82, 2.24) is 0 Å². The van der Waals surface area contributed by atoms with E-state index in [9.17, 15) is 0 Å². The number of rotatable bonds is 3. The van der Waals surface area contributed by atoms with Crippen LogP contribution in [0.4, 0.5) is 15.9 Å². The second kappa shape index (κ2) is 6.25. The zero-order valence-electron chi connectivity index (χ0n) is 12.3. The fraction of sp³-hybridized carbons (Fsp3) is 0.